The Balaban J connectivity index is 1.41. The molecule has 0 unspecified atom stereocenters. The summed E-state index contributed by atoms with van der Waals surface area (Å²) in [5.41, 5.74) is 3.76. The molecule has 0 aliphatic carbocycles. The summed E-state index contributed by atoms with van der Waals surface area (Å²) >= 11 is 0. The van der Waals surface area contributed by atoms with Crippen LogP contribution in [0.1, 0.15) is 16.4 Å². The standard InChI is InChI=1S/C20H18N4O2/c1-24-17-6-3-2-5-16(17)23-19(24)13-21-14-8-10-15(11-9-14)22-20(25)18-7-4-12-26-18/h2-12,21H,13H2,1H3,(H,22,25). The molecule has 26 heavy (non-hydrogen) atoms. The third-order valence-corrected chi connectivity index (χ3v) is 4.22. The molecular weight excluding hydrogens is 328 g/mol. The van der Waals surface area contributed by atoms with E-state index >= 15 is 0 Å². The van der Waals surface area contributed by atoms with Gasteiger partial charge in [-0.15, -0.1) is 0 Å². The largest absolute Gasteiger partial charge is 0.459 e. The van der Waals surface area contributed by atoms with Crippen LogP contribution in [-0.4, -0.2) is 15.5 Å². The number of aryl methyl sites for hydroxylation is 1. The lowest BCUT2D eigenvalue weighted by Gasteiger charge is -2.08. The van der Waals surface area contributed by atoms with Crippen LogP contribution >= 0.6 is 0 Å². The molecular formula is C20H18N4O2. The van der Waals surface area contributed by atoms with E-state index in [2.05, 4.69) is 26.3 Å². The smallest absolute Gasteiger partial charge is 0.291 e. The van der Waals surface area contributed by atoms with Crippen molar-refractivity contribution in [3.63, 3.8) is 0 Å². The molecule has 0 saturated heterocycles. The van der Waals surface area contributed by atoms with Crippen LogP contribution in [-0.2, 0) is 13.6 Å². The number of carbonyl (C=O) groups excluding carboxylic acids is 1. The van der Waals surface area contributed by atoms with Gasteiger partial charge in [0.1, 0.15) is 5.82 Å². The van der Waals surface area contributed by atoms with Crippen molar-refractivity contribution in [1.29, 1.82) is 0 Å². The summed E-state index contributed by atoms with van der Waals surface area (Å²) < 4.78 is 7.16. The zero-order valence-corrected chi connectivity index (χ0v) is 14.3. The van der Waals surface area contributed by atoms with Crippen molar-refractivity contribution in [2.45, 2.75) is 6.54 Å². The number of rotatable bonds is 5. The first-order valence-electron chi connectivity index (χ1n) is 8.30. The quantitative estimate of drug-likeness (QED) is 0.572. The number of imidazole rings is 1. The van der Waals surface area contributed by atoms with Crippen molar-refractivity contribution in [3.8, 4) is 0 Å². The lowest BCUT2D eigenvalue weighted by molar-refractivity contribution is 0.0996. The van der Waals surface area contributed by atoms with Crippen molar-refractivity contribution in [3.05, 3.63) is 78.5 Å². The Labute approximate surface area is 150 Å². The molecule has 0 radical (unpaired) electrons. The molecule has 0 atom stereocenters. The van der Waals surface area contributed by atoms with Gasteiger partial charge in [0.25, 0.3) is 5.91 Å². The first-order chi connectivity index (χ1) is 12.7. The second-order valence-corrected chi connectivity index (χ2v) is 5.94. The number of anilines is 2. The van der Waals surface area contributed by atoms with Gasteiger partial charge in [-0.1, -0.05) is 12.1 Å². The molecule has 4 aromatic rings. The van der Waals surface area contributed by atoms with E-state index in [4.69, 9.17) is 4.42 Å². The molecule has 6 heteroatoms. The van der Waals surface area contributed by atoms with Gasteiger partial charge in [-0.3, -0.25) is 4.79 Å². The van der Waals surface area contributed by atoms with E-state index in [9.17, 15) is 4.79 Å². The Morgan fingerprint density at radius 3 is 2.54 bits per heavy atom. The Bertz CT molecular complexity index is 1030. The number of nitrogens with zero attached hydrogens (tertiary/aromatic N) is 2. The topological polar surface area (TPSA) is 72.1 Å². The number of nitrogens with one attached hydrogen (secondary N) is 2. The molecule has 0 fully saturated rings. The normalized spacial score (nSPS) is 10.8. The molecule has 2 aromatic heterocycles. The van der Waals surface area contributed by atoms with Crippen LogP contribution < -0.4 is 10.6 Å². The molecule has 130 valence electrons. The van der Waals surface area contributed by atoms with Crippen LogP contribution in [0.4, 0.5) is 11.4 Å². The highest BCUT2D eigenvalue weighted by Gasteiger charge is 2.09. The third-order valence-electron chi connectivity index (χ3n) is 4.22. The molecule has 0 bridgehead atoms. The summed E-state index contributed by atoms with van der Waals surface area (Å²) in [6.45, 7) is 0.614. The lowest BCUT2D eigenvalue weighted by atomic mass is 10.2. The van der Waals surface area contributed by atoms with Crippen molar-refractivity contribution >= 4 is 28.3 Å². The maximum Gasteiger partial charge on any atom is 0.291 e. The maximum absolute atomic E-state index is 12.0. The van der Waals surface area contributed by atoms with E-state index in [1.807, 2.05) is 49.5 Å². The number of para-hydroxylation sites is 2. The van der Waals surface area contributed by atoms with Gasteiger partial charge in [0, 0.05) is 18.4 Å². The van der Waals surface area contributed by atoms with Crippen LogP contribution in [0.25, 0.3) is 11.0 Å². The van der Waals surface area contributed by atoms with Gasteiger partial charge in [0.15, 0.2) is 5.76 Å². The van der Waals surface area contributed by atoms with Gasteiger partial charge in [-0.2, -0.15) is 0 Å². The Kier molecular flexibility index (Phi) is 4.15. The summed E-state index contributed by atoms with van der Waals surface area (Å²) in [7, 11) is 2.01. The minimum Gasteiger partial charge on any atom is -0.459 e. The molecule has 4 rings (SSSR count). The van der Waals surface area contributed by atoms with Gasteiger partial charge in [0.05, 0.1) is 23.8 Å². The summed E-state index contributed by atoms with van der Waals surface area (Å²) in [6.07, 6.45) is 1.48. The minimum atomic E-state index is -0.268. The first-order valence-corrected chi connectivity index (χ1v) is 8.30. The first kappa shape index (κ1) is 16.0. The minimum absolute atomic E-state index is 0.268. The number of furan rings is 1. The highest BCUT2D eigenvalue weighted by Crippen LogP contribution is 2.18. The van der Waals surface area contributed by atoms with Crippen LogP contribution in [0.15, 0.2) is 71.3 Å². The van der Waals surface area contributed by atoms with Crippen molar-refractivity contribution < 1.29 is 9.21 Å². The SMILES string of the molecule is Cn1c(CNc2ccc(NC(=O)c3ccco3)cc2)nc2ccccc21. The number of hydrogen-bond donors (Lipinski definition) is 2. The van der Waals surface area contributed by atoms with Gasteiger partial charge >= 0.3 is 0 Å². The fourth-order valence-corrected chi connectivity index (χ4v) is 2.81. The van der Waals surface area contributed by atoms with E-state index in [-0.39, 0.29) is 11.7 Å². The molecule has 2 N–H and O–H groups in total. The number of aromatic nitrogens is 2. The van der Waals surface area contributed by atoms with E-state index in [1.54, 1.807) is 12.1 Å². The van der Waals surface area contributed by atoms with Crippen molar-refractivity contribution in [1.82, 2.24) is 9.55 Å². The van der Waals surface area contributed by atoms with E-state index in [0.717, 1.165) is 22.5 Å². The van der Waals surface area contributed by atoms with Crippen LogP contribution in [0.5, 0.6) is 0 Å². The molecule has 0 saturated carbocycles. The number of fused-ring (bicyclic) bond motifs is 1. The maximum atomic E-state index is 12.0. The second kappa shape index (κ2) is 6.76. The fraction of sp³-hybridized carbons (Fsp3) is 0.100. The number of benzene rings is 2. The van der Waals surface area contributed by atoms with Crippen LogP contribution in [0.3, 0.4) is 0 Å². The van der Waals surface area contributed by atoms with E-state index in [1.165, 1.54) is 6.26 Å². The Morgan fingerprint density at radius 2 is 1.81 bits per heavy atom. The molecule has 0 aliphatic rings. The predicted molar refractivity (Wildman–Crippen MR) is 101 cm³/mol. The summed E-state index contributed by atoms with van der Waals surface area (Å²) in [5.74, 6) is 0.978. The van der Waals surface area contributed by atoms with Gasteiger partial charge in [0.2, 0.25) is 0 Å². The van der Waals surface area contributed by atoms with Gasteiger partial charge < -0.3 is 19.6 Å². The van der Waals surface area contributed by atoms with E-state index in [0.29, 0.717) is 12.2 Å². The lowest BCUT2D eigenvalue weighted by Crippen LogP contribution is -2.11. The second-order valence-electron chi connectivity index (χ2n) is 5.94. The summed E-state index contributed by atoms with van der Waals surface area (Å²) in [4.78, 5) is 16.6. The van der Waals surface area contributed by atoms with Crippen LogP contribution in [0, 0.1) is 0 Å². The molecule has 0 aliphatic heterocycles. The van der Waals surface area contributed by atoms with Crippen LogP contribution in [0.2, 0.25) is 0 Å². The highest BCUT2D eigenvalue weighted by atomic mass is 16.3. The van der Waals surface area contributed by atoms with Gasteiger partial charge in [-0.25, -0.2) is 4.98 Å². The average Bonchev–Trinajstić information content (AvgIpc) is 3.30. The zero-order chi connectivity index (χ0) is 17.9. The number of amides is 1. The monoisotopic (exact) mass is 346 g/mol. The molecule has 6 nitrogen and oxygen atoms in total. The zero-order valence-electron chi connectivity index (χ0n) is 14.3. The Hall–Kier alpha value is -3.54. The Morgan fingerprint density at radius 1 is 1.04 bits per heavy atom. The molecule has 2 heterocycles. The molecule has 2 aromatic carbocycles. The highest BCUT2D eigenvalue weighted by molar-refractivity contribution is 6.02. The van der Waals surface area contributed by atoms with E-state index < -0.39 is 0 Å². The number of carbonyl (C=O) groups is 1. The number of hydrogen-bond acceptors (Lipinski definition) is 4. The predicted octanol–water partition coefficient (Wildman–Crippen LogP) is 4.03. The fourth-order valence-electron chi connectivity index (χ4n) is 2.81. The van der Waals surface area contributed by atoms with Gasteiger partial charge in [-0.05, 0) is 48.5 Å². The summed E-state index contributed by atoms with van der Waals surface area (Å²) in [5, 5.41) is 6.15. The third kappa shape index (κ3) is 3.17. The average molecular weight is 346 g/mol. The molecule has 0 spiro atoms. The molecule has 1 amide bonds. The van der Waals surface area contributed by atoms with Crippen molar-refractivity contribution in [2.75, 3.05) is 10.6 Å². The van der Waals surface area contributed by atoms with Crippen molar-refractivity contribution in [2.24, 2.45) is 7.05 Å². The summed E-state index contributed by atoms with van der Waals surface area (Å²) in [6, 6.07) is 18.9.